The Hall–Kier alpha value is -1.12. The van der Waals surface area contributed by atoms with Gasteiger partial charge in [0.25, 0.3) is 0 Å². The van der Waals surface area contributed by atoms with Crippen molar-refractivity contribution >= 4 is 0 Å². The van der Waals surface area contributed by atoms with Gasteiger partial charge in [0.05, 0.1) is 6.04 Å². The lowest BCUT2D eigenvalue weighted by Crippen LogP contribution is -2.25. The third-order valence-electron chi connectivity index (χ3n) is 4.08. The zero-order chi connectivity index (χ0) is 16.5. The van der Waals surface area contributed by atoms with E-state index < -0.39 is 0 Å². The van der Waals surface area contributed by atoms with E-state index in [1.54, 1.807) is 6.20 Å². The molecule has 0 heterocycles. The SMILES string of the molecule is C=C/N=N\N(C=C)C(CCCCCCC)CCCCCCC. The van der Waals surface area contributed by atoms with Crippen LogP contribution < -0.4 is 0 Å². The Bertz CT molecular complexity index is 272. The van der Waals surface area contributed by atoms with Crippen molar-refractivity contribution in [3.63, 3.8) is 0 Å². The number of rotatable bonds is 16. The molecule has 3 nitrogen and oxygen atoms in total. The van der Waals surface area contributed by atoms with Gasteiger partial charge < -0.3 is 0 Å². The van der Waals surface area contributed by atoms with Crippen molar-refractivity contribution in [3.8, 4) is 0 Å². The molecule has 0 aromatic carbocycles. The molecule has 0 bridgehead atoms. The predicted octanol–water partition coefficient (Wildman–Crippen LogP) is 7.03. The third kappa shape index (κ3) is 11.5. The largest absolute Gasteiger partial charge is 0.252 e. The van der Waals surface area contributed by atoms with Crippen LogP contribution in [-0.4, -0.2) is 11.1 Å². The van der Waals surface area contributed by atoms with Crippen LogP contribution in [0.4, 0.5) is 0 Å². The van der Waals surface area contributed by atoms with Gasteiger partial charge in [-0.25, -0.2) is 0 Å². The van der Waals surface area contributed by atoms with Crippen molar-refractivity contribution in [2.75, 3.05) is 0 Å². The topological polar surface area (TPSA) is 28.0 Å². The summed E-state index contributed by atoms with van der Waals surface area (Å²) < 4.78 is 0. The highest BCUT2D eigenvalue weighted by Gasteiger charge is 2.14. The highest BCUT2D eigenvalue weighted by atomic mass is 15.5. The molecule has 0 aliphatic heterocycles. The minimum absolute atomic E-state index is 0.435. The molecule has 0 atom stereocenters. The first-order valence-electron chi connectivity index (χ1n) is 9.22. The maximum Gasteiger partial charge on any atom is 0.0536 e. The van der Waals surface area contributed by atoms with E-state index in [0.717, 1.165) is 0 Å². The van der Waals surface area contributed by atoms with Gasteiger partial charge in [0, 0.05) is 12.4 Å². The van der Waals surface area contributed by atoms with Gasteiger partial charge in [0.2, 0.25) is 0 Å². The highest BCUT2D eigenvalue weighted by molar-refractivity contribution is 4.77. The van der Waals surface area contributed by atoms with Crippen LogP contribution in [0.5, 0.6) is 0 Å². The molecule has 0 unspecified atom stereocenters. The summed E-state index contributed by atoms with van der Waals surface area (Å²) in [4.78, 5) is 0. The van der Waals surface area contributed by atoms with Crippen molar-refractivity contribution < 1.29 is 0 Å². The first-order valence-corrected chi connectivity index (χ1v) is 9.22. The Morgan fingerprint density at radius 1 is 0.818 bits per heavy atom. The molecule has 0 radical (unpaired) electrons. The molecule has 128 valence electrons. The molecule has 0 rings (SSSR count). The maximum absolute atomic E-state index is 4.21. The molecule has 0 aromatic heterocycles. The fourth-order valence-corrected chi connectivity index (χ4v) is 2.73. The van der Waals surface area contributed by atoms with Gasteiger partial charge in [0.1, 0.15) is 0 Å². The minimum Gasteiger partial charge on any atom is -0.252 e. The van der Waals surface area contributed by atoms with Crippen LogP contribution in [0.1, 0.15) is 90.9 Å². The van der Waals surface area contributed by atoms with E-state index in [2.05, 4.69) is 37.3 Å². The van der Waals surface area contributed by atoms with Crippen molar-refractivity contribution in [2.45, 2.75) is 96.9 Å². The second-order valence-corrected chi connectivity index (χ2v) is 6.01. The van der Waals surface area contributed by atoms with E-state index in [0.29, 0.717) is 6.04 Å². The number of unbranched alkanes of at least 4 members (excludes halogenated alkanes) is 8. The summed E-state index contributed by atoms with van der Waals surface area (Å²) in [6.45, 7) is 12.0. The monoisotopic (exact) mass is 307 g/mol. The second kappa shape index (κ2) is 16.3. The number of hydrogen-bond donors (Lipinski definition) is 0. The summed E-state index contributed by atoms with van der Waals surface area (Å²) >= 11 is 0. The molecule has 3 heteroatoms. The first-order chi connectivity index (χ1) is 10.8. The van der Waals surface area contributed by atoms with Gasteiger partial charge in [-0.05, 0) is 12.8 Å². The fraction of sp³-hybridized carbons (Fsp3) is 0.789. The summed E-state index contributed by atoms with van der Waals surface area (Å²) in [6.07, 6.45) is 18.8. The normalized spacial score (nSPS) is 11.2. The van der Waals surface area contributed by atoms with Crippen LogP contribution >= 0.6 is 0 Å². The molecule has 0 fully saturated rings. The summed E-state index contributed by atoms with van der Waals surface area (Å²) in [6, 6.07) is 0.435. The molecule has 0 amide bonds. The lowest BCUT2D eigenvalue weighted by Gasteiger charge is -2.25. The highest BCUT2D eigenvalue weighted by Crippen LogP contribution is 2.19. The van der Waals surface area contributed by atoms with Crippen LogP contribution in [-0.2, 0) is 0 Å². The third-order valence-corrected chi connectivity index (χ3v) is 4.08. The molecule has 0 aromatic rings. The van der Waals surface area contributed by atoms with E-state index in [4.69, 9.17) is 0 Å². The Kier molecular flexibility index (Phi) is 15.4. The second-order valence-electron chi connectivity index (χ2n) is 6.01. The lowest BCUT2D eigenvalue weighted by molar-refractivity contribution is 0.234. The van der Waals surface area contributed by atoms with E-state index >= 15 is 0 Å². The molecule has 0 N–H and O–H groups in total. The van der Waals surface area contributed by atoms with Crippen LogP contribution in [0, 0.1) is 0 Å². The number of hydrogen-bond acceptors (Lipinski definition) is 2. The summed E-state index contributed by atoms with van der Waals surface area (Å²) in [5.74, 6) is 0. The van der Waals surface area contributed by atoms with Gasteiger partial charge in [-0.1, -0.05) is 96.4 Å². The zero-order valence-corrected chi connectivity index (χ0v) is 15.0. The first kappa shape index (κ1) is 20.9. The van der Waals surface area contributed by atoms with E-state index in [1.807, 2.05) is 5.01 Å². The molecule has 0 aliphatic carbocycles. The summed E-state index contributed by atoms with van der Waals surface area (Å²) in [5, 5.41) is 10.1. The molecular weight excluding hydrogens is 270 g/mol. The van der Waals surface area contributed by atoms with Crippen molar-refractivity contribution in [1.29, 1.82) is 0 Å². The average molecular weight is 308 g/mol. The van der Waals surface area contributed by atoms with Crippen molar-refractivity contribution in [2.24, 2.45) is 10.3 Å². The van der Waals surface area contributed by atoms with Gasteiger partial charge in [-0.3, -0.25) is 5.01 Å². The van der Waals surface area contributed by atoms with E-state index in [1.165, 1.54) is 83.2 Å². The van der Waals surface area contributed by atoms with Gasteiger partial charge >= 0.3 is 0 Å². The van der Waals surface area contributed by atoms with Gasteiger partial charge in [0.15, 0.2) is 0 Å². The van der Waals surface area contributed by atoms with Gasteiger partial charge in [-0.2, -0.15) is 0 Å². The predicted molar refractivity (Wildman–Crippen MR) is 97.6 cm³/mol. The van der Waals surface area contributed by atoms with E-state index in [9.17, 15) is 0 Å². The minimum atomic E-state index is 0.435. The summed E-state index contributed by atoms with van der Waals surface area (Å²) in [7, 11) is 0. The molecule has 0 aliphatic rings. The van der Waals surface area contributed by atoms with E-state index in [-0.39, 0.29) is 0 Å². The Labute approximate surface area is 138 Å². The quantitative estimate of drug-likeness (QED) is 0.171. The van der Waals surface area contributed by atoms with Gasteiger partial charge in [-0.15, -0.1) is 5.11 Å². The number of nitrogens with zero attached hydrogens (tertiary/aromatic N) is 3. The smallest absolute Gasteiger partial charge is 0.0536 e. The Morgan fingerprint density at radius 2 is 1.32 bits per heavy atom. The standard InChI is InChI=1S/C19H37N3/c1-5-9-11-13-15-17-19(18-16-14-12-10-6-2)22(8-4)21-20-7-3/h7-8,19H,3-6,9-18H2,1-2H3/b21-20-. The fourth-order valence-electron chi connectivity index (χ4n) is 2.73. The van der Waals surface area contributed by atoms with Crippen LogP contribution in [0.3, 0.4) is 0 Å². The maximum atomic E-state index is 4.21. The van der Waals surface area contributed by atoms with Crippen LogP contribution in [0.15, 0.2) is 35.9 Å². The molecule has 0 saturated carbocycles. The Balaban J connectivity index is 4.24. The van der Waals surface area contributed by atoms with Crippen molar-refractivity contribution in [1.82, 2.24) is 5.01 Å². The molecule has 0 saturated heterocycles. The van der Waals surface area contributed by atoms with Crippen LogP contribution in [0.2, 0.25) is 0 Å². The zero-order valence-electron chi connectivity index (χ0n) is 15.0. The van der Waals surface area contributed by atoms with Crippen LogP contribution in [0.25, 0.3) is 0 Å². The molecule has 0 spiro atoms. The van der Waals surface area contributed by atoms with Crippen molar-refractivity contribution in [3.05, 3.63) is 25.6 Å². The molecule has 22 heavy (non-hydrogen) atoms. The summed E-state index contributed by atoms with van der Waals surface area (Å²) in [5.41, 5.74) is 0. The molecular formula is C19H37N3. The Morgan fingerprint density at radius 3 is 1.73 bits per heavy atom. The average Bonchev–Trinajstić information content (AvgIpc) is 2.54. The lowest BCUT2D eigenvalue weighted by atomic mass is 10.00.